The van der Waals surface area contributed by atoms with Crippen molar-refractivity contribution in [2.24, 2.45) is 0 Å². The molecule has 1 aliphatic rings. The Balaban J connectivity index is 2.48. The van der Waals surface area contributed by atoms with Crippen LogP contribution in [0.5, 0.6) is 5.75 Å². The summed E-state index contributed by atoms with van der Waals surface area (Å²) in [6, 6.07) is 4.94. The molecule has 15 heavy (non-hydrogen) atoms. The first-order chi connectivity index (χ1) is 7.22. The van der Waals surface area contributed by atoms with Crippen molar-refractivity contribution in [3.63, 3.8) is 0 Å². The van der Waals surface area contributed by atoms with Crippen molar-refractivity contribution in [2.45, 2.75) is 6.92 Å². The summed E-state index contributed by atoms with van der Waals surface area (Å²) in [6.45, 7) is 2.41. The molecule has 0 spiro atoms. The number of carbonyl (C=O) groups is 2. The molecule has 3 nitrogen and oxygen atoms in total. The number of fused-ring (bicyclic) bond motifs is 1. The van der Waals surface area contributed by atoms with Crippen molar-refractivity contribution >= 4 is 11.6 Å². The van der Waals surface area contributed by atoms with E-state index in [0.717, 1.165) is 0 Å². The van der Waals surface area contributed by atoms with Crippen molar-refractivity contribution in [1.82, 2.24) is 0 Å². The maximum Gasteiger partial charge on any atom is 0.186 e. The maximum absolute atomic E-state index is 11.5. The lowest BCUT2D eigenvalue weighted by molar-refractivity contribution is 0.0994. The fraction of sp³-hybridized carbons (Fsp3) is 0.167. The lowest BCUT2D eigenvalue weighted by Gasteiger charge is -2.10. The fourth-order valence-corrected chi connectivity index (χ4v) is 1.53. The molecule has 0 amide bonds. The number of benzene rings is 1. The predicted octanol–water partition coefficient (Wildman–Crippen LogP) is 2.02. The number of hydrogen-bond acceptors (Lipinski definition) is 3. The van der Waals surface area contributed by atoms with Gasteiger partial charge in [0.15, 0.2) is 11.6 Å². The Morgan fingerprint density at radius 1 is 1.07 bits per heavy atom. The van der Waals surface area contributed by atoms with Gasteiger partial charge in [0.2, 0.25) is 0 Å². The van der Waals surface area contributed by atoms with E-state index >= 15 is 0 Å². The Kier molecular flexibility index (Phi) is 2.37. The van der Waals surface area contributed by atoms with Crippen LogP contribution in [0.15, 0.2) is 30.4 Å². The predicted molar refractivity (Wildman–Crippen MR) is 55.4 cm³/mol. The van der Waals surface area contributed by atoms with Crippen LogP contribution < -0.4 is 4.74 Å². The van der Waals surface area contributed by atoms with Gasteiger partial charge in [-0.2, -0.15) is 0 Å². The van der Waals surface area contributed by atoms with Gasteiger partial charge in [0.25, 0.3) is 0 Å². The average Bonchev–Trinajstić information content (AvgIpc) is 2.24. The Morgan fingerprint density at radius 2 is 1.73 bits per heavy atom. The van der Waals surface area contributed by atoms with Gasteiger partial charge in [0.05, 0.1) is 6.61 Å². The molecule has 0 saturated carbocycles. The van der Waals surface area contributed by atoms with Crippen molar-refractivity contribution in [2.75, 3.05) is 6.61 Å². The van der Waals surface area contributed by atoms with E-state index in [9.17, 15) is 9.59 Å². The van der Waals surface area contributed by atoms with Gasteiger partial charge >= 0.3 is 0 Å². The molecule has 76 valence electrons. The van der Waals surface area contributed by atoms with E-state index in [1.165, 1.54) is 12.2 Å². The smallest absolute Gasteiger partial charge is 0.186 e. The van der Waals surface area contributed by atoms with Crippen LogP contribution in [0.25, 0.3) is 0 Å². The third-order valence-corrected chi connectivity index (χ3v) is 2.22. The maximum atomic E-state index is 11.5. The number of ketones is 2. The number of carbonyl (C=O) groups excluding carboxylic acids is 2. The van der Waals surface area contributed by atoms with Gasteiger partial charge in [-0.25, -0.2) is 0 Å². The second-order valence-corrected chi connectivity index (χ2v) is 3.20. The van der Waals surface area contributed by atoms with E-state index in [0.29, 0.717) is 23.5 Å². The largest absolute Gasteiger partial charge is 0.494 e. The Bertz CT molecular complexity index is 458. The minimum atomic E-state index is -0.147. The molecule has 0 aromatic heterocycles. The summed E-state index contributed by atoms with van der Waals surface area (Å²) < 4.78 is 5.27. The quantitative estimate of drug-likeness (QED) is 0.736. The number of ether oxygens (including phenoxy) is 1. The molecule has 0 saturated heterocycles. The van der Waals surface area contributed by atoms with Crippen LogP contribution in [0.1, 0.15) is 27.6 Å². The lowest BCUT2D eigenvalue weighted by atomic mass is 9.95. The van der Waals surface area contributed by atoms with Gasteiger partial charge in [-0.3, -0.25) is 9.59 Å². The highest BCUT2D eigenvalue weighted by atomic mass is 16.5. The monoisotopic (exact) mass is 202 g/mol. The molecule has 3 heteroatoms. The summed E-state index contributed by atoms with van der Waals surface area (Å²) in [7, 11) is 0. The van der Waals surface area contributed by atoms with Gasteiger partial charge in [0, 0.05) is 11.1 Å². The van der Waals surface area contributed by atoms with Crippen molar-refractivity contribution in [1.29, 1.82) is 0 Å². The molecule has 0 fully saturated rings. The molecule has 1 aromatic rings. The average molecular weight is 202 g/mol. The summed E-state index contributed by atoms with van der Waals surface area (Å²) in [5.74, 6) is 0.339. The summed E-state index contributed by atoms with van der Waals surface area (Å²) in [6.07, 6.45) is 2.59. The summed E-state index contributed by atoms with van der Waals surface area (Å²) in [5, 5.41) is 0. The van der Waals surface area contributed by atoms with E-state index in [-0.39, 0.29) is 11.6 Å². The molecule has 0 radical (unpaired) electrons. The third kappa shape index (κ3) is 1.68. The Labute approximate surface area is 87.4 Å². The molecular weight excluding hydrogens is 192 g/mol. The second kappa shape index (κ2) is 3.69. The molecule has 0 aliphatic heterocycles. The summed E-state index contributed by atoms with van der Waals surface area (Å²) in [4.78, 5) is 22.9. The fourth-order valence-electron chi connectivity index (χ4n) is 1.53. The SMILES string of the molecule is CCOc1ccc2c(c1)C(=O)C=CC2=O. The topological polar surface area (TPSA) is 43.4 Å². The van der Waals surface area contributed by atoms with Gasteiger partial charge in [-0.1, -0.05) is 0 Å². The second-order valence-electron chi connectivity index (χ2n) is 3.20. The molecule has 0 N–H and O–H groups in total. The molecule has 0 bridgehead atoms. The van der Waals surface area contributed by atoms with Gasteiger partial charge < -0.3 is 4.74 Å². The van der Waals surface area contributed by atoms with Gasteiger partial charge in [-0.05, 0) is 37.3 Å². The summed E-state index contributed by atoms with van der Waals surface area (Å²) in [5.41, 5.74) is 0.874. The molecule has 1 aliphatic carbocycles. The van der Waals surface area contributed by atoms with E-state index in [1.54, 1.807) is 18.2 Å². The van der Waals surface area contributed by atoms with E-state index in [1.807, 2.05) is 6.92 Å². The standard InChI is InChI=1S/C12H10O3/c1-2-15-8-3-4-9-10(7-8)12(14)6-5-11(9)13/h3-7H,2H2,1H3. The first-order valence-corrected chi connectivity index (χ1v) is 4.76. The highest BCUT2D eigenvalue weighted by Gasteiger charge is 2.19. The van der Waals surface area contributed by atoms with Crippen LogP contribution >= 0.6 is 0 Å². The highest BCUT2D eigenvalue weighted by molar-refractivity contribution is 6.22. The molecule has 1 aromatic carbocycles. The van der Waals surface area contributed by atoms with Gasteiger partial charge in [0.1, 0.15) is 5.75 Å². The molecule has 2 rings (SSSR count). The highest BCUT2D eigenvalue weighted by Crippen LogP contribution is 2.22. The lowest BCUT2D eigenvalue weighted by Crippen LogP contribution is -2.11. The zero-order chi connectivity index (χ0) is 10.8. The minimum absolute atomic E-state index is 0.132. The van der Waals surface area contributed by atoms with Gasteiger partial charge in [-0.15, -0.1) is 0 Å². The zero-order valence-corrected chi connectivity index (χ0v) is 8.32. The van der Waals surface area contributed by atoms with Crippen molar-refractivity contribution in [3.05, 3.63) is 41.5 Å². The van der Waals surface area contributed by atoms with Crippen LogP contribution in [-0.2, 0) is 0 Å². The van der Waals surface area contributed by atoms with Crippen molar-refractivity contribution < 1.29 is 14.3 Å². The first-order valence-electron chi connectivity index (χ1n) is 4.76. The Hall–Kier alpha value is -1.90. The molecule has 0 heterocycles. The van der Waals surface area contributed by atoms with Crippen LogP contribution in [0.2, 0.25) is 0 Å². The molecule has 0 unspecified atom stereocenters. The first kappa shape index (κ1) is 9.65. The normalized spacial score (nSPS) is 13.9. The number of rotatable bonds is 2. The third-order valence-electron chi connectivity index (χ3n) is 2.22. The van der Waals surface area contributed by atoms with E-state index < -0.39 is 0 Å². The molecule has 0 atom stereocenters. The van der Waals surface area contributed by atoms with Crippen LogP contribution in [0, 0.1) is 0 Å². The zero-order valence-electron chi connectivity index (χ0n) is 8.32. The van der Waals surface area contributed by atoms with E-state index in [2.05, 4.69) is 0 Å². The van der Waals surface area contributed by atoms with Crippen LogP contribution in [0.4, 0.5) is 0 Å². The number of hydrogen-bond donors (Lipinski definition) is 0. The van der Waals surface area contributed by atoms with Crippen molar-refractivity contribution in [3.8, 4) is 5.75 Å². The van der Waals surface area contributed by atoms with Crippen LogP contribution in [0.3, 0.4) is 0 Å². The Morgan fingerprint density at radius 3 is 2.40 bits per heavy atom. The summed E-state index contributed by atoms with van der Waals surface area (Å²) >= 11 is 0. The van der Waals surface area contributed by atoms with Crippen LogP contribution in [-0.4, -0.2) is 18.2 Å². The minimum Gasteiger partial charge on any atom is -0.494 e. The molecular formula is C12H10O3. The van der Waals surface area contributed by atoms with E-state index in [4.69, 9.17) is 4.74 Å². The number of allylic oxidation sites excluding steroid dienone is 2.